The van der Waals surface area contributed by atoms with Crippen LogP contribution in [0.25, 0.3) is 0 Å². The van der Waals surface area contributed by atoms with Crippen LogP contribution in [0.1, 0.15) is 201 Å². The molecule has 0 aromatic carbocycles. The van der Waals surface area contributed by atoms with Crippen LogP contribution in [0.2, 0.25) is 0 Å². The minimum atomic E-state index is -0.872. The van der Waals surface area contributed by atoms with Crippen LogP contribution in [0, 0.1) is 0 Å². The molecule has 0 saturated heterocycles. The molecule has 0 radical (unpaired) electrons. The fourth-order valence-corrected chi connectivity index (χ4v) is 6.64. The number of rotatable bonds is 47. The van der Waals surface area contributed by atoms with Crippen LogP contribution in [0.4, 0.5) is 0 Å². The van der Waals surface area contributed by atoms with Gasteiger partial charge in [0.15, 0.2) is 6.10 Å². The maximum atomic E-state index is 12.8. The Balaban J connectivity index is 4.71. The maximum Gasteiger partial charge on any atom is 0.306 e. The number of unbranched alkanes of at least 4 members (excludes halogenated alkanes) is 8. The number of hydrogen-bond acceptors (Lipinski definition) is 6. The van der Waals surface area contributed by atoms with Gasteiger partial charge in [-0.15, -0.1) is 0 Å². The predicted octanol–water partition coefficient (Wildman–Crippen LogP) is 18.8. The number of carbonyl (C=O) groups is 3. The molecule has 1 atom stereocenters. The van der Waals surface area contributed by atoms with Gasteiger partial charge in [0.25, 0.3) is 0 Å². The van der Waals surface area contributed by atoms with Gasteiger partial charge >= 0.3 is 17.9 Å². The summed E-state index contributed by atoms with van der Waals surface area (Å²) in [4.78, 5) is 38.1. The van der Waals surface area contributed by atoms with Crippen molar-refractivity contribution in [2.45, 2.75) is 207 Å². The lowest BCUT2D eigenvalue weighted by atomic mass is 10.1. The highest BCUT2D eigenvalue weighted by Crippen LogP contribution is 2.10. The van der Waals surface area contributed by atoms with Crippen LogP contribution in [0.15, 0.2) is 170 Å². The molecule has 0 aliphatic rings. The van der Waals surface area contributed by atoms with Gasteiger partial charge < -0.3 is 14.2 Å². The molecule has 71 heavy (non-hydrogen) atoms. The molecular weight excluding hydrogens is 877 g/mol. The second kappa shape index (κ2) is 57.3. The highest BCUT2D eigenvalue weighted by atomic mass is 16.6. The number of allylic oxidation sites excluding steroid dienone is 28. The quantitative estimate of drug-likeness (QED) is 0.0262. The molecule has 0 rings (SSSR count). The van der Waals surface area contributed by atoms with Gasteiger partial charge in [-0.25, -0.2) is 0 Å². The Bertz CT molecular complexity index is 1690. The van der Waals surface area contributed by atoms with Gasteiger partial charge in [0.05, 0.1) is 0 Å². The topological polar surface area (TPSA) is 78.9 Å². The van der Waals surface area contributed by atoms with Crippen LogP contribution in [-0.2, 0) is 28.6 Å². The van der Waals surface area contributed by atoms with E-state index in [0.717, 1.165) is 96.3 Å². The minimum absolute atomic E-state index is 0.161. The number of carbonyl (C=O) groups excluding carboxylic acids is 3. The van der Waals surface area contributed by atoms with Crippen molar-refractivity contribution < 1.29 is 28.6 Å². The maximum absolute atomic E-state index is 12.8. The van der Waals surface area contributed by atoms with Crippen molar-refractivity contribution >= 4 is 17.9 Å². The van der Waals surface area contributed by atoms with E-state index in [4.69, 9.17) is 14.2 Å². The lowest BCUT2D eigenvalue weighted by Crippen LogP contribution is -2.30. The van der Waals surface area contributed by atoms with Crippen LogP contribution >= 0.6 is 0 Å². The van der Waals surface area contributed by atoms with E-state index in [1.54, 1.807) is 0 Å². The number of ether oxygens (including phenoxy) is 3. The fraction of sp³-hybridized carbons (Fsp3) is 0.523. The molecule has 0 aromatic heterocycles. The molecule has 6 nitrogen and oxygen atoms in total. The first-order chi connectivity index (χ1) is 35.0. The molecule has 0 heterocycles. The Labute approximate surface area is 434 Å². The third-order valence-electron chi connectivity index (χ3n) is 10.7. The summed E-state index contributed by atoms with van der Waals surface area (Å²) < 4.78 is 16.7. The number of esters is 3. The second-order valence-corrected chi connectivity index (χ2v) is 17.4. The summed E-state index contributed by atoms with van der Waals surface area (Å²) in [7, 11) is 0. The highest BCUT2D eigenvalue weighted by molar-refractivity contribution is 5.71. The van der Waals surface area contributed by atoms with Crippen molar-refractivity contribution in [3.63, 3.8) is 0 Å². The molecule has 0 saturated carbocycles. The van der Waals surface area contributed by atoms with Crippen molar-refractivity contribution in [1.29, 1.82) is 0 Å². The van der Waals surface area contributed by atoms with E-state index in [1.807, 2.05) is 12.2 Å². The smallest absolute Gasteiger partial charge is 0.306 e. The minimum Gasteiger partial charge on any atom is -0.462 e. The van der Waals surface area contributed by atoms with Gasteiger partial charge in [-0.1, -0.05) is 223 Å². The number of hydrogen-bond donors (Lipinski definition) is 0. The van der Waals surface area contributed by atoms with Gasteiger partial charge in [0, 0.05) is 19.3 Å². The van der Waals surface area contributed by atoms with Crippen LogP contribution < -0.4 is 0 Å². The van der Waals surface area contributed by atoms with E-state index in [0.29, 0.717) is 19.3 Å². The zero-order chi connectivity index (χ0) is 51.4. The summed E-state index contributed by atoms with van der Waals surface area (Å²) in [5, 5.41) is 0. The van der Waals surface area contributed by atoms with E-state index in [9.17, 15) is 14.4 Å². The molecule has 394 valence electrons. The molecule has 0 spiro atoms. The van der Waals surface area contributed by atoms with E-state index in [-0.39, 0.29) is 44.4 Å². The van der Waals surface area contributed by atoms with Gasteiger partial charge in [-0.2, -0.15) is 0 Å². The molecule has 0 fully saturated rings. The first-order valence-electron chi connectivity index (χ1n) is 27.6. The lowest BCUT2D eigenvalue weighted by molar-refractivity contribution is -0.166. The van der Waals surface area contributed by atoms with E-state index >= 15 is 0 Å². The van der Waals surface area contributed by atoms with Crippen molar-refractivity contribution in [2.24, 2.45) is 0 Å². The van der Waals surface area contributed by atoms with E-state index < -0.39 is 12.1 Å². The van der Waals surface area contributed by atoms with Crippen molar-refractivity contribution in [3.8, 4) is 0 Å². The van der Waals surface area contributed by atoms with Gasteiger partial charge in [0.1, 0.15) is 13.2 Å². The van der Waals surface area contributed by atoms with Gasteiger partial charge in [-0.3, -0.25) is 14.4 Å². The largest absolute Gasteiger partial charge is 0.462 e. The Morgan fingerprint density at radius 2 is 0.577 bits per heavy atom. The van der Waals surface area contributed by atoms with Crippen LogP contribution in [-0.4, -0.2) is 37.2 Å². The van der Waals surface area contributed by atoms with Gasteiger partial charge in [0.2, 0.25) is 0 Å². The zero-order valence-corrected chi connectivity index (χ0v) is 44.9. The summed E-state index contributed by atoms with van der Waals surface area (Å²) in [6, 6.07) is 0. The molecule has 6 heteroatoms. The molecule has 0 aromatic rings. The summed E-state index contributed by atoms with van der Waals surface area (Å²) in [6.45, 7) is 6.22. The fourth-order valence-electron chi connectivity index (χ4n) is 6.64. The first-order valence-corrected chi connectivity index (χ1v) is 27.6. The summed E-state index contributed by atoms with van der Waals surface area (Å²) in [5.41, 5.74) is 0. The second-order valence-electron chi connectivity index (χ2n) is 17.4. The van der Waals surface area contributed by atoms with Crippen molar-refractivity contribution in [1.82, 2.24) is 0 Å². The molecule has 0 bridgehead atoms. The first kappa shape index (κ1) is 65.8. The monoisotopic (exact) mass is 975 g/mol. The lowest BCUT2D eigenvalue weighted by Gasteiger charge is -2.18. The molecule has 0 unspecified atom stereocenters. The Hall–Kier alpha value is -5.23. The Morgan fingerprint density at radius 1 is 0.296 bits per heavy atom. The normalized spacial score (nSPS) is 13.5. The highest BCUT2D eigenvalue weighted by Gasteiger charge is 2.19. The third kappa shape index (κ3) is 55.6. The average Bonchev–Trinajstić information content (AvgIpc) is 3.37. The van der Waals surface area contributed by atoms with E-state index in [2.05, 4.69) is 179 Å². The summed E-state index contributed by atoms with van der Waals surface area (Å²) >= 11 is 0. The average molecular weight is 975 g/mol. The van der Waals surface area contributed by atoms with Crippen molar-refractivity contribution in [3.05, 3.63) is 170 Å². The zero-order valence-electron chi connectivity index (χ0n) is 44.9. The standard InChI is InChI=1S/C65H98O6/c1-4-7-10-13-16-19-22-25-28-31-32-35-38-41-44-47-50-53-56-59-65(68)71-62(60-69-63(66)57-54-51-48-45-42-39-36-33-29-26-23-20-17-14-11-8-5-2)61-70-64(67)58-55-52-49-46-43-40-37-34-30-27-24-21-18-15-12-9-6-3/h7-8,10-11,16-17,19-20,25-30,32,35-37,39-41,44-46,48-50,53,62H,4-6,9,12-15,18,21-24,31,33-34,38,42-43,47,51-52,54-61H2,1-3H3/b10-7-,11-8-,19-16-,20-17-,28-25-,29-26-,30-27-,35-32-,39-36-,40-37-,44-41-,48-45-,49-46-,53-50-/t62-/m1/s1. The molecule has 0 aliphatic carbocycles. The van der Waals surface area contributed by atoms with Gasteiger partial charge in [-0.05, 0) is 128 Å². The van der Waals surface area contributed by atoms with E-state index in [1.165, 1.54) is 44.9 Å². The van der Waals surface area contributed by atoms with Crippen LogP contribution in [0.5, 0.6) is 0 Å². The third-order valence-corrected chi connectivity index (χ3v) is 10.7. The Morgan fingerprint density at radius 3 is 0.915 bits per heavy atom. The molecule has 0 aliphatic heterocycles. The summed E-state index contributed by atoms with van der Waals surface area (Å²) in [5.74, 6) is -1.17. The van der Waals surface area contributed by atoms with Crippen LogP contribution in [0.3, 0.4) is 0 Å². The van der Waals surface area contributed by atoms with Crippen molar-refractivity contribution in [2.75, 3.05) is 13.2 Å². The molecular formula is C65H98O6. The molecule has 0 N–H and O–H groups in total. The molecule has 0 amide bonds. The predicted molar refractivity (Wildman–Crippen MR) is 306 cm³/mol. The Kier molecular flexibility index (Phi) is 53.1. The summed E-state index contributed by atoms with van der Waals surface area (Å²) in [6.07, 6.45) is 85.1. The SMILES string of the molecule is CC/C=C\C/C=C\C/C=C\C/C=C\C/C=C\C/C=C\CCC(=O)O[C@H](COC(=O)CCC/C=C\C/C=C\C/C=C\C/C=C\C/C=C\CC)COC(=O)CCC/C=C\C/C=C\C/C=C\CCCCCCCC.